The third-order valence-electron chi connectivity index (χ3n) is 4.78. The Morgan fingerprint density at radius 2 is 2.21 bits per heavy atom. The molecule has 2 amide bonds. The van der Waals surface area contributed by atoms with Crippen LogP contribution in [0.5, 0.6) is 0 Å². The van der Waals surface area contributed by atoms with Crippen LogP contribution in [0.2, 0.25) is 0 Å². The number of carbonyl (C=O) groups is 1. The summed E-state index contributed by atoms with van der Waals surface area (Å²) in [5.74, 6) is 2.23. The Morgan fingerprint density at radius 1 is 1.42 bits per heavy atom. The van der Waals surface area contributed by atoms with E-state index in [-0.39, 0.29) is 11.6 Å². The van der Waals surface area contributed by atoms with Gasteiger partial charge in [-0.3, -0.25) is 4.90 Å². The third-order valence-corrected chi connectivity index (χ3v) is 6.51. The molecule has 0 aromatic heterocycles. The van der Waals surface area contributed by atoms with Gasteiger partial charge in [-0.15, -0.1) is 0 Å². The van der Waals surface area contributed by atoms with Crippen LogP contribution in [0.15, 0.2) is 22.7 Å². The fourth-order valence-corrected chi connectivity index (χ4v) is 5.27. The zero-order chi connectivity index (χ0) is 17.0. The third kappa shape index (κ3) is 4.25. The van der Waals surface area contributed by atoms with Crippen molar-refractivity contribution in [3.8, 4) is 0 Å². The number of urea groups is 1. The Morgan fingerprint density at radius 3 is 2.88 bits per heavy atom. The van der Waals surface area contributed by atoms with Crippen LogP contribution in [-0.4, -0.2) is 60.8 Å². The van der Waals surface area contributed by atoms with Gasteiger partial charge in [-0.1, -0.05) is 15.9 Å². The molecule has 1 aromatic rings. The Hall–Kier alpha value is -0.760. The molecule has 2 aliphatic rings. The van der Waals surface area contributed by atoms with Crippen LogP contribution in [0.4, 0.5) is 10.5 Å². The topological polar surface area (TPSA) is 53.6 Å². The Kier molecular flexibility index (Phi) is 6.07. The Balaban J connectivity index is 1.59. The number of carbonyl (C=O) groups excluding carboxylic acids is 1. The van der Waals surface area contributed by atoms with Crippen molar-refractivity contribution in [2.24, 2.45) is 0 Å². The maximum atomic E-state index is 12.3. The maximum Gasteiger partial charge on any atom is 0.319 e. The van der Waals surface area contributed by atoms with E-state index in [1.165, 1.54) is 0 Å². The summed E-state index contributed by atoms with van der Waals surface area (Å²) in [5, 5.41) is 6.06. The normalized spacial score (nSPS) is 24.8. The van der Waals surface area contributed by atoms with Crippen molar-refractivity contribution in [1.29, 1.82) is 0 Å². The highest BCUT2D eigenvalue weighted by molar-refractivity contribution is 9.10. The van der Waals surface area contributed by atoms with Crippen molar-refractivity contribution in [1.82, 2.24) is 10.2 Å². The van der Waals surface area contributed by atoms with Crippen LogP contribution in [0.25, 0.3) is 0 Å². The molecule has 2 saturated heterocycles. The lowest BCUT2D eigenvalue weighted by Crippen LogP contribution is -2.59. The van der Waals surface area contributed by atoms with Gasteiger partial charge in [0.2, 0.25) is 0 Å². The zero-order valence-electron chi connectivity index (χ0n) is 13.9. The smallest absolute Gasteiger partial charge is 0.319 e. The molecule has 2 fully saturated rings. The molecule has 1 atom stereocenters. The quantitative estimate of drug-likeness (QED) is 0.795. The van der Waals surface area contributed by atoms with E-state index in [0.29, 0.717) is 6.54 Å². The van der Waals surface area contributed by atoms with Crippen molar-refractivity contribution in [2.45, 2.75) is 18.9 Å². The summed E-state index contributed by atoms with van der Waals surface area (Å²) in [7, 11) is 0. The highest BCUT2D eigenvalue weighted by Gasteiger charge is 2.40. The molecule has 0 saturated carbocycles. The molecule has 132 valence electrons. The number of halogens is 1. The number of morpholine rings is 1. The molecule has 3 rings (SSSR count). The van der Waals surface area contributed by atoms with Crippen LogP contribution in [0, 0.1) is 6.92 Å². The van der Waals surface area contributed by atoms with Gasteiger partial charge in [0.1, 0.15) is 0 Å². The predicted octanol–water partition coefficient (Wildman–Crippen LogP) is 3.09. The monoisotopic (exact) mass is 413 g/mol. The first-order chi connectivity index (χ1) is 11.6. The summed E-state index contributed by atoms with van der Waals surface area (Å²) in [6.07, 6.45) is 1.12. The molecule has 24 heavy (non-hydrogen) atoms. The number of rotatable bonds is 4. The van der Waals surface area contributed by atoms with Gasteiger partial charge in [0.15, 0.2) is 0 Å². The van der Waals surface area contributed by atoms with E-state index in [4.69, 9.17) is 4.74 Å². The van der Waals surface area contributed by atoms with E-state index in [2.05, 4.69) is 31.5 Å². The minimum absolute atomic E-state index is 0.0700. The van der Waals surface area contributed by atoms with Crippen LogP contribution >= 0.6 is 27.7 Å². The first kappa shape index (κ1) is 18.0. The highest BCUT2D eigenvalue weighted by Crippen LogP contribution is 2.33. The summed E-state index contributed by atoms with van der Waals surface area (Å²) in [5.41, 5.74) is 1.95. The van der Waals surface area contributed by atoms with Gasteiger partial charge in [-0.05, 0) is 42.9 Å². The van der Waals surface area contributed by atoms with Crippen molar-refractivity contribution in [3.63, 3.8) is 0 Å². The lowest BCUT2D eigenvalue weighted by Gasteiger charge is -2.43. The minimum atomic E-state index is -0.134. The van der Waals surface area contributed by atoms with Crippen LogP contribution in [-0.2, 0) is 4.74 Å². The lowest BCUT2D eigenvalue weighted by molar-refractivity contribution is -0.0123. The van der Waals surface area contributed by atoms with Crippen molar-refractivity contribution in [2.75, 3.05) is 49.7 Å². The fourth-order valence-electron chi connectivity index (χ4n) is 3.31. The van der Waals surface area contributed by atoms with E-state index in [1.807, 2.05) is 36.9 Å². The van der Waals surface area contributed by atoms with Crippen LogP contribution < -0.4 is 10.6 Å². The molecule has 2 N–H and O–H groups in total. The van der Waals surface area contributed by atoms with Gasteiger partial charge >= 0.3 is 6.03 Å². The largest absolute Gasteiger partial charge is 0.379 e. The summed E-state index contributed by atoms with van der Waals surface area (Å²) in [6.45, 7) is 6.16. The molecular formula is C17H24BrN3O2S. The van der Waals surface area contributed by atoms with Crippen molar-refractivity contribution >= 4 is 39.4 Å². The number of amides is 2. The predicted molar refractivity (Wildman–Crippen MR) is 103 cm³/mol. The maximum absolute atomic E-state index is 12.3. The highest BCUT2D eigenvalue weighted by atomic mass is 79.9. The van der Waals surface area contributed by atoms with Gasteiger partial charge in [-0.25, -0.2) is 4.79 Å². The Labute approximate surface area is 156 Å². The first-order valence-corrected chi connectivity index (χ1v) is 10.3. The number of aryl methyl sites for hydroxylation is 1. The summed E-state index contributed by atoms with van der Waals surface area (Å²) in [6, 6.07) is 5.72. The molecule has 0 bridgehead atoms. The van der Waals surface area contributed by atoms with Crippen molar-refractivity contribution < 1.29 is 9.53 Å². The van der Waals surface area contributed by atoms with E-state index in [1.54, 1.807) is 0 Å². The van der Waals surface area contributed by atoms with E-state index < -0.39 is 0 Å². The summed E-state index contributed by atoms with van der Waals surface area (Å²) < 4.78 is 6.49. The molecule has 1 unspecified atom stereocenters. The number of nitrogens with one attached hydrogen (secondary N) is 2. The first-order valence-electron chi connectivity index (χ1n) is 8.31. The number of ether oxygens (including phenoxy) is 1. The van der Waals surface area contributed by atoms with Gasteiger partial charge in [-0.2, -0.15) is 11.8 Å². The zero-order valence-corrected chi connectivity index (χ0v) is 16.3. The molecule has 7 heteroatoms. The van der Waals surface area contributed by atoms with Gasteiger partial charge in [0.05, 0.1) is 13.2 Å². The number of thioether (sulfide) groups is 1. The van der Waals surface area contributed by atoms with Crippen molar-refractivity contribution in [3.05, 3.63) is 28.2 Å². The van der Waals surface area contributed by atoms with E-state index in [9.17, 15) is 4.79 Å². The van der Waals surface area contributed by atoms with Crippen LogP contribution in [0.1, 0.15) is 12.0 Å². The second-order valence-corrected chi connectivity index (χ2v) is 8.41. The lowest BCUT2D eigenvalue weighted by atomic mass is 9.95. The van der Waals surface area contributed by atoms with Gasteiger partial charge in [0, 0.05) is 41.1 Å². The molecule has 1 aromatic carbocycles. The van der Waals surface area contributed by atoms with E-state index >= 15 is 0 Å². The molecule has 2 aliphatic heterocycles. The van der Waals surface area contributed by atoms with Gasteiger partial charge < -0.3 is 15.4 Å². The molecule has 5 nitrogen and oxygen atoms in total. The number of nitrogens with zero attached hydrogens (tertiary/aromatic N) is 1. The standard InChI is InChI=1S/C17H24BrN3O2S/c1-13-10-14(18)2-3-15(13)20-16(22)19-11-17(4-9-24-12-17)21-5-7-23-8-6-21/h2-3,10H,4-9,11-12H2,1H3,(H2,19,20,22). The second-order valence-electron chi connectivity index (χ2n) is 6.39. The molecule has 0 radical (unpaired) electrons. The molecule has 0 aliphatic carbocycles. The SMILES string of the molecule is Cc1cc(Br)ccc1NC(=O)NCC1(N2CCOCC2)CCSC1. The molecule has 0 spiro atoms. The number of hydrogen-bond donors (Lipinski definition) is 2. The average Bonchev–Trinajstić information content (AvgIpc) is 3.07. The number of anilines is 1. The van der Waals surface area contributed by atoms with E-state index in [0.717, 1.165) is 60.0 Å². The summed E-state index contributed by atoms with van der Waals surface area (Å²) >= 11 is 5.42. The average molecular weight is 414 g/mol. The molecule has 2 heterocycles. The second kappa shape index (κ2) is 8.08. The summed E-state index contributed by atoms with van der Waals surface area (Å²) in [4.78, 5) is 14.8. The minimum Gasteiger partial charge on any atom is -0.379 e. The Bertz CT molecular complexity index is 587. The van der Waals surface area contributed by atoms with Gasteiger partial charge in [0.25, 0.3) is 0 Å². The molecular weight excluding hydrogens is 390 g/mol. The number of benzene rings is 1. The number of hydrogen-bond acceptors (Lipinski definition) is 4. The fraction of sp³-hybridized carbons (Fsp3) is 0.588. The van der Waals surface area contributed by atoms with Crippen LogP contribution in [0.3, 0.4) is 0 Å².